The van der Waals surface area contributed by atoms with Gasteiger partial charge in [0.1, 0.15) is 6.61 Å². The van der Waals surface area contributed by atoms with Gasteiger partial charge in [-0.3, -0.25) is 4.79 Å². The van der Waals surface area contributed by atoms with Crippen molar-refractivity contribution in [2.24, 2.45) is 5.92 Å². The van der Waals surface area contributed by atoms with Crippen molar-refractivity contribution in [2.75, 3.05) is 4.90 Å². The predicted molar refractivity (Wildman–Crippen MR) is 106 cm³/mol. The second-order valence-corrected chi connectivity index (χ2v) is 7.38. The van der Waals surface area contributed by atoms with E-state index in [4.69, 9.17) is 4.74 Å². The minimum absolute atomic E-state index is 0.0426. The van der Waals surface area contributed by atoms with E-state index >= 15 is 0 Å². The fourth-order valence-electron chi connectivity index (χ4n) is 3.91. The van der Waals surface area contributed by atoms with E-state index in [0.717, 1.165) is 5.56 Å². The van der Waals surface area contributed by atoms with Gasteiger partial charge >= 0.3 is 12.3 Å². The van der Waals surface area contributed by atoms with Gasteiger partial charge in [-0.15, -0.1) is 0 Å². The number of para-hydroxylation sites is 1. The van der Waals surface area contributed by atoms with Crippen LogP contribution in [-0.4, -0.2) is 24.2 Å². The maximum Gasteiger partial charge on any atom is 0.407 e. The van der Waals surface area contributed by atoms with E-state index in [2.05, 4.69) is 5.32 Å². The maximum atomic E-state index is 13.3. The minimum atomic E-state index is -4.46. The Bertz CT molecular complexity index is 902. The number of alkyl carbamates (subject to hydrolysis) is 1. The molecule has 0 fully saturated rings. The number of nitrogens with zero attached hydrogens (tertiary/aromatic N) is 1. The second-order valence-electron chi connectivity index (χ2n) is 7.38. The highest BCUT2D eigenvalue weighted by molar-refractivity contribution is 5.94. The second kappa shape index (κ2) is 8.77. The number of ether oxygens (including phenoxy) is 1. The lowest BCUT2D eigenvalue weighted by Crippen LogP contribution is -2.53. The zero-order valence-corrected chi connectivity index (χ0v) is 16.6. The lowest BCUT2D eigenvalue weighted by atomic mass is 9.80. The highest BCUT2D eigenvalue weighted by atomic mass is 19.4. The minimum Gasteiger partial charge on any atom is -0.445 e. The number of halogens is 3. The molecule has 0 aliphatic carbocycles. The standard InChI is InChI=1S/C22H23F3N2O3/c1-14-19(12-22(23,24)25)27(15(2)28)18-11-7-6-10-17(18)20(14)26-21(29)30-13-16-8-4-3-5-9-16/h3-11,14,19-20H,12-13H2,1-2H3,(H,26,29)/t14-,19-,20?/m0/s1. The molecule has 0 saturated heterocycles. The number of benzene rings is 2. The van der Waals surface area contributed by atoms with Crippen LogP contribution in [0.5, 0.6) is 0 Å². The van der Waals surface area contributed by atoms with Crippen molar-refractivity contribution in [2.45, 2.75) is 45.1 Å². The molecule has 1 N–H and O–H groups in total. The van der Waals surface area contributed by atoms with Crippen molar-refractivity contribution in [3.05, 3.63) is 65.7 Å². The molecule has 1 heterocycles. The number of anilines is 1. The molecule has 3 rings (SSSR count). The molecule has 2 aromatic rings. The van der Waals surface area contributed by atoms with Gasteiger partial charge in [0.05, 0.1) is 18.5 Å². The molecule has 0 radical (unpaired) electrons. The summed E-state index contributed by atoms with van der Waals surface area (Å²) in [5.74, 6) is -1.16. The fraction of sp³-hybridized carbons (Fsp3) is 0.364. The van der Waals surface area contributed by atoms with E-state index in [0.29, 0.717) is 11.3 Å². The smallest absolute Gasteiger partial charge is 0.407 e. The summed E-state index contributed by atoms with van der Waals surface area (Å²) in [6.45, 7) is 2.89. The van der Waals surface area contributed by atoms with Gasteiger partial charge in [-0.05, 0) is 17.2 Å². The van der Waals surface area contributed by atoms with Gasteiger partial charge in [0.15, 0.2) is 0 Å². The Labute approximate surface area is 172 Å². The Morgan fingerprint density at radius 2 is 1.70 bits per heavy atom. The van der Waals surface area contributed by atoms with Gasteiger partial charge in [0.25, 0.3) is 0 Å². The van der Waals surface area contributed by atoms with Crippen LogP contribution < -0.4 is 10.2 Å². The molecule has 1 unspecified atom stereocenters. The zero-order chi connectivity index (χ0) is 21.9. The number of nitrogens with one attached hydrogen (secondary N) is 1. The van der Waals surface area contributed by atoms with Crippen molar-refractivity contribution < 1.29 is 27.5 Å². The number of carbonyl (C=O) groups is 2. The molecule has 0 bridgehead atoms. The van der Waals surface area contributed by atoms with Crippen LogP contribution in [0.2, 0.25) is 0 Å². The fourth-order valence-corrected chi connectivity index (χ4v) is 3.91. The molecule has 5 nitrogen and oxygen atoms in total. The SMILES string of the molecule is CC(=O)N1c2ccccc2C(NC(=O)OCc2ccccc2)[C@@H](C)[C@@H]1CC(F)(F)F. The number of carbonyl (C=O) groups excluding carboxylic acids is 2. The van der Waals surface area contributed by atoms with Crippen LogP contribution in [0.3, 0.4) is 0 Å². The molecule has 0 aromatic heterocycles. The molecule has 0 spiro atoms. The van der Waals surface area contributed by atoms with Crippen LogP contribution >= 0.6 is 0 Å². The number of rotatable bonds is 4. The van der Waals surface area contributed by atoms with E-state index in [9.17, 15) is 22.8 Å². The van der Waals surface area contributed by atoms with Crippen molar-refractivity contribution in [3.8, 4) is 0 Å². The number of amides is 2. The molecule has 8 heteroatoms. The van der Waals surface area contributed by atoms with Gasteiger partial charge in [-0.1, -0.05) is 55.5 Å². The summed E-state index contributed by atoms with van der Waals surface area (Å²) in [5, 5.41) is 2.70. The Hall–Kier alpha value is -3.03. The Morgan fingerprint density at radius 1 is 1.07 bits per heavy atom. The van der Waals surface area contributed by atoms with Crippen LogP contribution in [0.25, 0.3) is 0 Å². The summed E-state index contributed by atoms with van der Waals surface area (Å²) in [7, 11) is 0. The van der Waals surface area contributed by atoms with Gasteiger partial charge in [-0.2, -0.15) is 13.2 Å². The first-order valence-corrected chi connectivity index (χ1v) is 9.60. The Balaban J connectivity index is 1.86. The van der Waals surface area contributed by atoms with Crippen LogP contribution in [0.4, 0.5) is 23.7 Å². The summed E-state index contributed by atoms with van der Waals surface area (Å²) in [4.78, 5) is 25.8. The lowest BCUT2D eigenvalue weighted by Gasteiger charge is -2.45. The van der Waals surface area contributed by atoms with E-state index in [1.165, 1.54) is 11.8 Å². The summed E-state index contributed by atoms with van der Waals surface area (Å²) in [5.41, 5.74) is 1.74. The molecule has 1 aliphatic rings. The van der Waals surface area contributed by atoms with Crippen LogP contribution in [0, 0.1) is 5.92 Å². The quantitative estimate of drug-likeness (QED) is 0.759. The molecule has 2 amide bonds. The third-order valence-electron chi connectivity index (χ3n) is 5.26. The van der Waals surface area contributed by atoms with Gasteiger partial charge in [0, 0.05) is 18.5 Å². The van der Waals surface area contributed by atoms with Gasteiger partial charge < -0.3 is 15.0 Å². The monoisotopic (exact) mass is 420 g/mol. The number of alkyl halides is 3. The highest BCUT2D eigenvalue weighted by Gasteiger charge is 2.46. The normalized spacial score (nSPS) is 21.0. The Kier molecular flexibility index (Phi) is 6.34. The molecule has 160 valence electrons. The molecule has 1 aliphatic heterocycles. The van der Waals surface area contributed by atoms with Crippen molar-refractivity contribution in [1.29, 1.82) is 0 Å². The lowest BCUT2D eigenvalue weighted by molar-refractivity contribution is -0.143. The van der Waals surface area contributed by atoms with Gasteiger partial charge in [-0.25, -0.2) is 4.79 Å². The topological polar surface area (TPSA) is 58.6 Å². The first-order chi connectivity index (χ1) is 14.2. The maximum absolute atomic E-state index is 13.3. The number of hydrogen-bond donors (Lipinski definition) is 1. The molecule has 3 atom stereocenters. The molecule has 0 saturated carbocycles. The first-order valence-electron chi connectivity index (χ1n) is 9.60. The Morgan fingerprint density at radius 3 is 2.33 bits per heavy atom. The van der Waals surface area contributed by atoms with Crippen LogP contribution in [-0.2, 0) is 16.1 Å². The number of fused-ring (bicyclic) bond motifs is 1. The molecule has 2 aromatic carbocycles. The zero-order valence-electron chi connectivity index (χ0n) is 16.6. The van der Waals surface area contributed by atoms with Crippen LogP contribution in [0.15, 0.2) is 54.6 Å². The van der Waals surface area contributed by atoms with Crippen LogP contribution in [0.1, 0.15) is 37.4 Å². The van der Waals surface area contributed by atoms with E-state index < -0.39 is 42.6 Å². The average molecular weight is 420 g/mol. The molecular weight excluding hydrogens is 397 g/mol. The van der Waals surface area contributed by atoms with Gasteiger partial charge in [0.2, 0.25) is 5.91 Å². The molecule has 30 heavy (non-hydrogen) atoms. The highest BCUT2D eigenvalue weighted by Crippen LogP contribution is 2.44. The third-order valence-corrected chi connectivity index (χ3v) is 5.26. The summed E-state index contributed by atoms with van der Waals surface area (Å²) < 4.78 is 45.1. The van der Waals surface area contributed by atoms with E-state index in [1.54, 1.807) is 43.3 Å². The largest absolute Gasteiger partial charge is 0.445 e. The first kappa shape index (κ1) is 21.7. The number of hydrogen-bond acceptors (Lipinski definition) is 3. The predicted octanol–water partition coefficient (Wildman–Crippen LogP) is 4.98. The van der Waals surface area contributed by atoms with Crippen molar-refractivity contribution in [1.82, 2.24) is 5.32 Å². The van der Waals surface area contributed by atoms with Crippen molar-refractivity contribution in [3.63, 3.8) is 0 Å². The molecular formula is C22H23F3N2O3. The summed E-state index contributed by atoms with van der Waals surface area (Å²) in [6, 6.07) is 13.9. The average Bonchev–Trinajstić information content (AvgIpc) is 2.69. The summed E-state index contributed by atoms with van der Waals surface area (Å²) in [6.07, 6.45) is -6.36. The van der Waals surface area contributed by atoms with Crippen molar-refractivity contribution >= 4 is 17.7 Å². The summed E-state index contributed by atoms with van der Waals surface area (Å²) >= 11 is 0. The van der Waals surface area contributed by atoms with E-state index in [-0.39, 0.29) is 6.61 Å². The van der Waals surface area contributed by atoms with E-state index in [1.807, 2.05) is 18.2 Å². The third kappa shape index (κ3) is 4.93.